The minimum atomic E-state index is 0.585. The van der Waals surface area contributed by atoms with Crippen LogP contribution in [0.25, 0.3) is 6.08 Å². The lowest BCUT2D eigenvalue weighted by Crippen LogP contribution is -1.99. The summed E-state index contributed by atoms with van der Waals surface area (Å²) in [4.78, 5) is 0. The Morgan fingerprint density at radius 3 is 2.03 bits per heavy atom. The van der Waals surface area contributed by atoms with Gasteiger partial charge in [0.25, 0.3) is 0 Å². The van der Waals surface area contributed by atoms with E-state index in [9.17, 15) is 0 Å². The van der Waals surface area contributed by atoms with Crippen LogP contribution < -0.4 is 9.47 Å². The van der Waals surface area contributed by atoms with E-state index < -0.39 is 0 Å². The van der Waals surface area contributed by atoms with Crippen molar-refractivity contribution in [3.8, 4) is 11.5 Å². The summed E-state index contributed by atoms with van der Waals surface area (Å²) < 4.78 is 11.5. The van der Waals surface area contributed by atoms with E-state index in [1.54, 1.807) is 0 Å². The van der Waals surface area contributed by atoms with E-state index in [2.05, 4.69) is 65.5 Å². The molecule has 0 saturated carbocycles. The third-order valence-electron chi connectivity index (χ3n) is 5.51. The van der Waals surface area contributed by atoms with Gasteiger partial charge in [-0.3, -0.25) is 0 Å². The topological polar surface area (TPSA) is 18.5 Å². The van der Waals surface area contributed by atoms with Crippen molar-refractivity contribution in [1.82, 2.24) is 0 Å². The molecule has 0 radical (unpaired) electrons. The zero-order chi connectivity index (χ0) is 23.3. The van der Waals surface area contributed by atoms with Gasteiger partial charge in [-0.15, -0.1) is 0 Å². The van der Waals surface area contributed by atoms with Crippen molar-refractivity contribution in [3.05, 3.63) is 88.8 Å². The third-order valence-corrected chi connectivity index (χ3v) is 5.51. The minimum Gasteiger partial charge on any atom is -0.490 e. The zero-order valence-electron chi connectivity index (χ0n) is 20.7. The fraction of sp³-hybridized carbons (Fsp3) is 0.400. The molecule has 0 aliphatic carbocycles. The predicted octanol–water partition coefficient (Wildman–Crippen LogP) is 9.13. The maximum absolute atomic E-state index is 5.90. The summed E-state index contributed by atoms with van der Waals surface area (Å²) in [6.07, 6.45) is 19.9. The van der Waals surface area contributed by atoms with E-state index in [0.29, 0.717) is 12.4 Å². The van der Waals surface area contributed by atoms with E-state index in [1.807, 2.05) is 30.4 Å². The highest BCUT2D eigenvalue weighted by molar-refractivity contribution is 5.64. The molecule has 0 aromatic heterocycles. The first-order chi connectivity index (χ1) is 15.3. The number of allylic oxidation sites excluding steroid dienone is 8. The molecule has 0 spiro atoms. The summed E-state index contributed by atoms with van der Waals surface area (Å²) in [5.74, 6) is 2.34. The van der Waals surface area contributed by atoms with Crippen LogP contribution in [0.3, 0.4) is 0 Å². The second-order valence-electron chi connectivity index (χ2n) is 8.96. The van der Waals surface area contributed by atoms with Gasteiger partial charge in [0.1, 0.15) is 23.9 Å². The average molecular weight is 433 g/mol. The molecular formula is C30H40O2. The average Bonchev–Trinajstić information content (AvgIpc) is 2.73. The van der Waals surface area contributed by atoms with E-state index in [-0.39, 0.29) is 0 Å². The maximum atomic E-state index is 5.90. The lowest BCUT2D eigenvalue weighted by atomic mass is 10.0. The fourth-order valence-electron chi connectivity index (χ4n) is 3.46. The van der Waals surface area contributed by atoms with Gasteiger partial charge < -0.3 is 9.47 Å². The molecule has 0 unspecified atom stereocenters. The molecule has 1 aliphatic heterocycles. The number of rotatable bonds is 12. The molecule has 0 bridgehead atoms. The molecule has 0 fully saturated rings. The number of fused-ring (bicyclic) bond motifs is 1. The van der Waals surface area contributed by atoms with Crippen molar-refractivity contribution in [1.29, 1.82) is 0 Å². The Morgan fingerprint density at radius 2 is 1.41 bits per heavy atom. The lowest BCUT2D eigenvalue weighted by molar-refractivity contribution is 0.360. The highest BCUT2D eigenvalue weighted by Gasteiger charge is 2.08. The first kappa shape index (κ1) is 25.5. The Kier molecular flexibility index (Phi) is 10.9. The summed E-state index contributed by atoms with van der Waals surface area (Å²) in [6, 6.07) is 5.88. The molecule has 1 heterocycles. The van der Waals surface area contributed by atoms with Crippen LogP contribution in [-0.4, -0.2) is 6.61 Å². The van der Waals surface area contributed by atoms with Crippen molar-refractivity contribution in [2.75, 3.05) is 6.61 Å². The van der Waals surface area contributed by atoms with Gasteiger partial charge in [0.2, 0.25) is 0 Å². The van der Waals surface area contributed by atoms with E-state index in [0.717, 1.165) is 49.2 Å². The molecule has 2 nitrogen and oxygen atoms in total. The van der Waals surface area contributed by atoms with Crippen molar-refractivity contribution in [2.24, 2.45) is 0 Å². The smallest absolute Gasteiger partial charge is 0.134 e. The van der Waals surface area contributed by atoms with Crippen LogP contribution in [0.15, 0.2) is 83.2 Å². The Balaban J connectivity index is 1.67. The Morgan fingerprint density at radius 1 is 0.812 bits per heavy atom. The summed E-state index contributed by atoms with van der Waals surface area (Å²) in [5.41, 5.74) is 6.78. The SMILES string of the molecule is C=C1C=Cc2cc(OC/C=C(\C)CC/C=C(\C)CC/C=C(\C)CCC=C(C)C)ccc2O1. The van der Waals surface area contributed by atoms with Gasteiger partial charge in [-0.25, -0.2) is 0 Å². The Hall–Kier alpha value is -2.74. The molecule has 2 rings (SSSR count). The molecule has 172 valence electrons. The Bertz CT molecular complexity index is 918. The molecule has 2 heteroatoms. The molecular weight excluding hydrogens is 392 g/mol. The Labute approximate surface area is 195 Å². The second-order valence-corrected chi connectivity index (χ2v) is 8.96. The van der Waals surface area contributed by atoms with E-state index in [4.69, 9.17) is 9.47 Å². The standard InChI is InChI=1S/C30H40O2/c1-23(2)10-7-11-24(3)12-8-13-25(4)14-9-15-26(5)20-21-31-29-18-19-30-28(22-29)17-16-27(6)32-30/h10,12,14,16-20,22H,6-9,11,13,15,21H2,1-5H3/b24-12+,25-14+,26-20+. The van der Waals surface area contributed by atoms with Gasteiger partial charge >= 0.3 is 0 Å². The van der Waals surface area contributed by atoms with Crippen molar-refractivity contribution in [3.63, 3.8) is 0 Å². The van der Waals surface area contributed by atoms with E-state index in [1.165, 1.54) is 28.7 Å². The molecule has 0 atom stereocenters. The molecule has 32 heavy (non-hydrogen) atoms. The van der Waals surface area contributed by atoms with Gasteiger partial charge in [-0.05, 0) is 110 Å². The van der Waals surface area contributed by atoms with Crippen LogP contribution >= 0.6 is 0 Å². The lowest BCUT2D eigenvalue weighted by Gasteiger charge is -2.14. The number of hydrogen-bond donors (Lipinski definition) is 0. The van der Waals surface area contributed by atoms with Crippen LogP contribution in [0.1, 0.15) is 78.7 Å². The predicted molar refractivity (Wildman–Crippen MR) is 139 cm³/mol. The van der Waals surface area contributed by atoms with Crippen molar-refractivity contribution >= 4 is 6.08 Å². The van der Waals surface area contributed by atoms with Crippen LogP contribution in [0, 0.1) is 0 Å². The normalized spacial score (nSPS) is 14.2. The third kappa shape index (κ3) is 10.0. The molecule has 1 aliphatic rings. The summed E-state index contributed by atoms with van der Waals surface area (Å²) in [5, 5.41) is 0. The molecule has 0 saturated heterocycles. The number of hydrogen-bond acceptors (Lipinski definition) is 2. The van der Waals surface area contributed by atoms with Crippen LogP contribution in [0.2, 0.25) is 0 Å². The highest BCUT2D eigenvalue weighted by Crippen LogP contribution is 2.30. The van der Waals surface area contributed by atoms with Crippen LogP contribution in [0.5, 0.6) is 11.5 Å². The van der Waals surface area contributed by atoms with E-state index >= 15 is 0 Å². The highest BCUT2D eigenvalue weighted by atomic mass is 16.5. The molecule has 1 aromatic carbocycles. The summed E-state index contributed by atoms with van der Waals surface area (Å²) in [7, 11) is 0. The molecule has 0 N–H and O–H groups in total. The van der Waals surface area contributed by atoms with Crippen LogP contribution in [0.4, 0.5) is 0 Å². The maximum Gasteiger partial charge on any atom is 0.134 e. The second kappa shape index (κ2) is 13.6. The van der Waals surface area contributed by atoms with Gasteiger partial charge in [-0.1, -0.05) is 47.1 Å². The fourth-order valence-corrected chi connectivity index (χ4v) is 3.46. The number of ether oxygens (including phenoxy) is 2. The minimum absolute atomic E-state index is 0.585. The monoisotopic (exact) mass is 432 g/mol. The quantitative estimate of drug-likeness (QED) is 0.307. The van der Waals surface area contributed by atoms with Gasteiger partial charge in [-0.2, -0.15) is 0 Å². The first-order valence-corrected chi connectivity index (χ1v) is 11.8. The molecule has 0 amide bonds. The summed E-state index contributed by atoms with van der Waals surface area (Å²) >= 11 is 0. The number of benzene rings is 1. The van der Waals surface area contributed by atoms with Crippen molar-refractivity contribution < 1.29 is 9.47 Å². The van der Waals surface area contributed by atoms with Gasteiger partial charge in [0, 0.05) is 5.56 Å². The van der Waals surface area contributed by atoms with Gasteiger partial charge in [0.15, 0.2) is 0 Å². The summed E-state index contributed by atoms with van der Waals surface area (Å²) in [6.45, 7) is 15.4. The first-order valence-electron chi connectivity index (χ1n) is 11.8. The van der Waals surface area contributed by atoms with Gasteiger partial charge in [0.05, 0.1) is 0 Å². The van der Waals surface area contributed by atoms with Crippen molar-refractivity contribution in [2.45, 2.75) is 73.1 Å². The van der Waals surface area contributed by atoms with Crippen LogP contribution in [-0.2, 0) is 0 Å². The zero-order valence-corrected chi connectivity index (χ0v) is 20.7. The largest absolute Gasteiger partial charge is 0.490 e. The molecule has 1 aromatic rings.